The molecule has 3 rings (SSSR count). The minimum Gasteiger partial charge on any atom is -0.353 e. The lowest BCUT2D eigenvalue weighted by Crippen LogP contribution is -2.24. The Balaban J connectivity index is 1.95. The predicted octanol–water partition coefficient (Wildman–Crippen LogP) is 2.69. The van der Waals surface area contributed by atoms with Crippen molar-refractivity contribution in [3.05, 3.63) is 34.9 Å². The van der Waals surface area contributed by atoms with E-state index in [9.17, 15) is 4.79 Å². The number of hydrogen-bond acceptors (Lipinski definition) is 2. The third kappa shape index (κ3) is 1.32. The average molecular weight is 223 g/mol. The third-order valence-corrected chi connectivity index (χ3v) is 3.54. The number of epoxide rings is 1. The lowest BCUT2D eigenvalue weighted by molar-refractivity contribution is -0.120. The predicted molar refractivity (Wildman–Crippen MR) is 56.9 cm³/mol. The lowest BCUT2D eigenvalue weighted by atomic mass is 9.83. The topological polar surface area (TPSA) is 29.6 Å². The summed E-state index contributed by atoms with van der Waals surface area (Å²) in [7, 11) is 0. The molecule has 3 heteroatoms. The SMILES string of the molecule is O=C1CCCC2(c3ccc(Cl)cc3)OC12. The zero-order valence-electron chi connectivity index (χ0n) is 8.20. The number of halogens is 1. The van der Waals surface area contributed by atoms with Gasteiger partial charge < -0.3 is 4.74 Å². The summed E-state index contributed by atoms with van der Waals surface area (Å²) in [6.07, 6.45) is 2.36. The van der Waals surface area contributed by atoms with Crippen molar-refractivity contribution in [2.75, 3.05) is 0 Å². The summed E-state index contributed by atoms with van der Waals surface area (Å²) < 4.78 is 5.61. The molecule has 1 heterocycles. The average Bonchev–Trinajstić information content (AvgIpc) is 2.96. The molecule has 1 saturated heterocycles. The molecule has 0 amide bonds. The summed E-state index contributed by atoms with van der Waals surface area (Å²) in [5.41, 5.74) is 0.782. The standard InChI is InChI=1S/C12H11ClO2/c13-9-5-3-8(4-6-9)12-7-1-2-10(14)11(12)15-12/h3-6,11H,1-2,7H2. The second kappa shape index (κ2) is 3.06. The van der Waals surface area contributed by atoms with E-state index < -0.39 is 0 Å². The summed E-state index contributed by atoms with van der Waals surface area (Å²) in [5.74, 6) is 0.246. The summed E-state index contributed by atoms with van der Waals surface area (Å²) in [4.78, 5) is 11.5. The van der Waals surface area contributed by atoms with E-state index in [4.69, 9.17) is 16.3 Å². The molecule has 78 valence electrons. The molecule has 1 aromatic rings. The van der Waals surface area contributed by atoms with E-state index in [2.05, 4.69) is 0 Å². The first-order valence-corrected chi connectivity index (χ1v) is 5.57. The number of carbonyl (C=O) groups excluding carboxylic acids is 1. The van der Waals surface area contributed by atoms with Crippen LogP contribution >= 0.6 is 11.6 Å². The Hall–Kier alpha value is -0.860. The molecule has 0 aromatic heterocycles. The molecule has 0 N–H and O–H groups in total. The summed E-state index contributed by atoms with van der Waals surface area (Å²) in [6.45, 7) is 0. The molecular weight excluding hydrogens is 212 g/mol. The highest BCUT2D eigenvalue weighted by Gasteiger charge is 2.62. The van der Waals surface area contributed by atoms with Crippen LogP contribution in [0.15, 0.2) is 24.3 Å². The maximum Gasteiger partial charge on any atom is 0.164 e. The molecule has 0 radical (unpaired) electrons. The Morgan fingerprint density at radius 1 is 1.33 bits per heavy atom. The van der Waals surface area contributed by atoms with Gasteiger partial charge in [-0.05, 0) is 30.5 Å². The van der Waals surface area contributed by atoms with Gasteiger partial charge in [0.2, 0.25) is 0 Å². The van der Waals surface area contributed by atoms with Gasteiger partial charge in [-0.25, -0.2) is 0 Å². The van der Waals surface area contributed by atoms with E-state index in [-0.39, 0.29) is 17.5 Å². The van der Waals surface area contributed by atoms with Crippen molar-refractivity contribution in [1.82, 2.24) is 0 Å². The molecule has 15 heavy (non-hydrogen) atoms. The molecule has 1 aromatic carbocycles. The molecule has 2 fully saturated rings. The first-order valence-electron chi connectivity index (χ1n) is 5.19. The number of ketones is 1. The van der Waals surface area contributed by atoms with Gasteiger partial charge in [0.1, 0.15) is 5.60 Å². The van der Waals surface area contributed by atoms with E-state index in [1.165, 1.54) is 0 Å². The minimum atomic E-state index is -0.306. The van der Waals surface area contributed by atoms with Crippen molar-refractivity contribution in [2.24, 2.45) is 0 Å². The summed E-state index contributed by atoms with van der Waals surface area (Å²) in [5, 5.41) is 0.717. The number of benzene rings is 1. The fourth-order valence-corrected chi connectivity index (χ4v) is 2.57. The first kappa shape index (κ1) is 9.37. The van der Waals surface area contributed by atoms with Crippen LogP contribution in [0.2, 0.25) is 5.02 Å². The van der Waals surface area contributed by atoms with E-state index in [1.54, 1.807) is 0 Å². The fraction of sp³-hybridized carbons (Fsp3) is 0.417. The minimum absolute atomic E-state index is 0.188. The zero-order valence-corrected chi connectivity index (χ0v) is 8.96. The monoisotopic (exact) mass is 222 g/mol. The number of hydrogen-bond donors (Lipinski definition) is 0. The van der Waals surface area contributed by atoms with Gasteiger partial charge in [-0.15, -0.1) is 0 Å². The molecule has 0 bridgehead atoms. The number of carbonyl (C=O) groups is 1. The molecule has 1 aliphatic carbocycles. The van der Waals surface area contributed by atoms with Crippen LogP contribution in [0.1, 0.15) is 24.8 Å². The van der Waals surface area contributed by atoms with Crippen molar-refractivity contribution in [1.29, 1.82) is 0 Å². The molecule has 2 unspecified atom stereocenters. The molecule has 2 nitrogen and oxygen atoms in total. The van der Waals surface area contributed by atoms with Crippen molar-refractivity contribution < 1.29 is 9.53 Å². The van der Waals surface area contributed by atoms with Crippen LogP contribution in [-0.4, -0.2) is 11.9 Å². The van der Waals surface area contributed by atoms with Gasteiger partial charge >= 0.3 is 0 Å². The van der Waals surface area contributed by atoms with Crippen molar-refractivity contribution in [3.8, 4) is 0 Å². The van der Waals surface area contributed by atoms with Crippen molar-refractivity contribution in [2.45, 2.75) is 31.0 Å². The largest absolute Gasteiger partial charge is 0.353 e. The highest BCUT2D eigenvalue weighted by Crippen LogP contribution is 2.53. The van der Waals surface area contributed by atoms with Crippen molar-refractivity contribution >= 4 is 17.4 Å². The summed E-state index contributed by atoms with van der Waals surface area (Å²) in [6, 6.07) is 7.62. The third-order valence-electron chi connectivity index (χ3n) is 3.29. The van der Waals surface area contributed by atoms with Crippen LogP contribution in [0.25, 0.3) is 0 Å². The van der Waals surface area contributed by atoms with E-state index in [0.717, 1.165) is 23.4 Å². The van der Waals surface area contributed by atoms with Crippen LogP contribution in [0.4, 0.5) is 0 Å². The van der Waals surface area contributed by atoms with Crippen LogP contribution < -0.4 is 0 Å². The van der Waals surface area contributed by atoms with Crippen LogP contribution in [0.5, 0.6) is 0 Å². The maximum absolute atomic E-state index is 11.5. The van der Waals surface area contributed by atoms with Gasteiger partial charge in [0, 0.05) is 11.4 Å². The van der Waals surface area contributed by atoms with E-state index >= 15 is 0 Å². The number of fused-ring (bicyclic) bond motifs is 1. The quantitative estimate of drug-likeness (QED) is 0.684. The molecule has 1 aliphatic heterocycles. The van der Waals surface area contributed by atoms with Crippen LogP contribution in [0, 0.1) is 0 Å². The van der Waals surface area contributed by atoms with E-state index in [0.29, 0.717) is 6.42 Å². The van der Waals surface area contributed by atoms with Crippen molar-refractivity contribution in [3.63, 3.8) is 0 Å². The smallest absolute Gasteiger partial charge is 0.164 e. The second-order valence-corrected chi connectivity index (χ2v) is 4.65. The van der Waals surface area contributed by atoms with Gasteiger partial charge in [0.15, 0.2) is 11.9 Å². The Morgan fingerprint density at radius 3 is 2.80 bits per heavy atom. The zero-order chi connectivity index (χ0) is 10.5. The van der Waals surface area contributed by atoms with Gasteiger partial charge in [0.25, 0.3) is 0 Å². The number of ether oxygens (including phenoxy) is 1. The number of rotatable bonds is 1. The molecule has 1 saturated carbocycles. The summed E-state index contributed by atoms with van der Waals surface area (Å²) >= 11 is 5.83. The van der Waals surface area contributed by atoms with Gasteiger partial charge in [0.05, 0.1) is 0 Å². The fourth-order valence-electron chi connectivity index (χ4n) is 2.44. The maximum atomic E-state index is 11.5. The Labute approximate surface area is 93.2 Å². The molecule has 2 atom stereocenters. The van der Waals surface area contributed by atoms with Crippen LogP contribution in [0.3, 0.4) is 0 Å². The van der Waals surface area contributed by atoms with Gasteiger partial charge in [-0.2, -0.15) is 0 Å². The molecular formula is C12H11ClO2. The normalized spacial score (nSPS) is 33.7. The van der Waals surface area contributed by atoms with Crippen LogP contribution in [-0.2, 0) is 15.1 Å². The first-order chi connectivity index (χ1) is 7.22. The lowest BCUT2D eigenvalue weighted by Gasteiger charge is -2.16. The second-order valence-electron chi connectivity index (χ2n) is 4.21. The highest BCUT2D eigenvalue weighted by molar-refractivity contribution is 6.30. The van der Waals surface area contributed by atoms with Gasteiger partial charge in [-0.3, -0.25) is 4.79 Å². The Bertz CT molecular complexity index is 412. The molecule has 0 spiro atoms. The van der Waals surface area contributed by atoms with Gasteiger partial charge in [-0.1, -0.05) is 23.7 Å². The Morgan fingerprint density at radius 2 is 2.07 bits per heavy atom. The molecule has 2 aliphatic rings. The number of Topliss-reactive ketones (excluding diaryl/α,β-unsaturated/α-hetero) is 1. The van der Waals surface area contributed by atoms with E-state index in [1.807, 2.05) is 24.3 Å². The Kier molecular flexibility index (Phi) is 1.91. The highest BCUT2D eigenvalue weighted by atomic mass is 35.5.